The van der Waals surface area contributed by atoms with Crippen molar-refractivity contribution in [3.05, 3.63) is 29.8 Å². The van der Waals surface area contributed by atoms with Crippen molar-refractivity contribution in [3.63, 3.8) is 0 Å². The lowest BCUT2D eigenvalue weighted by molar-refractivity contribution is -0.136. The second-order valence-corrected chi connectivity index (χ2v) is 3.62. The number of hydrogen-bond acceptors (Lipinski definition) is 3. The molecule has 0 amide bonds. The summed E-state index contributed by atoms with van der Waals surface area (Å²) in [5, 5.41) is 17.4. The Labute approximate surface area is 105 Å². The number of aromatic carboxylic acids is 1. The lowest BCUT2D eigenvalue weighted by atomic mass is 10.2. The van der Waals surface area contributed by atoms with E-state index in [0.717, 1.165) is 0 Å². The molecule has 0 aromatic heterocycles. The molecule has 0 radical (unpaired) electrons. The van der Waals surface area contributed by atoms with Crippen LogP contribution in [0.3, 0.4) is 0 Å². The maximum Gasteiger partial charge on any atom is 0.335 e. The van der Waals surface area contributed by atoms with Crippen molar-refractivity contribution < 1.29 is 19.8 Å². The number of carboxylic acid groups (broad SMARTS) is 2. The Balaban J connectivity index is 2.82. The van der Waals surface area contributed by atoms with Crippen molar-refractivity contribution in [2.45, 2.75) is 6.42 Å². The molecule has 0 saturated carbocycles. The summed E-state index contributed by atoms with van der Waals surface area (Å²) in [6.45, 7) is 0.561. The fourth-order valence-electron chi connectivity index (χ4n) is 1.46. The van der Waals surface area contributed by atoms with E-state index in [0.29, 0.717) is 5.69 Å². The molecule has 1 aromatic carbocycles. The number of nitrogens with zero attached hydrogens (tertiary/aromatic N) is 1. The van der Waals surface area contributed by atoms with Crippen molar-refractivity contribution in [2.24, 2.45) is 0 Å². The average Bonchev–Trinajstić information content (AvgIpc) is 2.34. The van der Waals surface area contributed by atoms with Crippen LogP contribution in [-0.4, -0.2) is 35.2 Å². The molecule has 0 fully saturated rings. The SMILES string of the molecule is C#CCN(CCC(=O)O)c1ccc(C(=O)O)cc1. The minimum atomic E-state index is -1.00. The second-order valence-electron chi connectivity index (χ2n) is 3.62. The van der Waals surface area contributed by atoms with Gasteiger partial charge in [0.2, 0.25) is 0 Å². The fourth-order valence-corrected chi connectivity index (χ4v) is 1.46. The highest BCUT2D eigenvalue weighted by Crippen LogP contribution is 2.15. The van der Waals surface area contributed by atoms with Crippen LogP contribution < -0.4 is 4.90 Å². The number of carbonyl (C=O) groups is 2. The number of hydrogen-bond donors (Lipinski definition) is 2. The Morgan fingerprint density at radius 3 is 2.28 bits per heavy atom. The molecule has 0 aliphatic heterocycles. The summed E-state index contributed by atoms with van der Waals surface area (Å²) in [4.78, 5) is 22.9. The first-order valence-electron chi connectivity index (χ1n) is 5.28. The number of benzene rings is 1. The lowest BCUT2D eigenvalue weighted by Crippen LogP contribution is -2.26. The molecule has 94 valence electrons. The van der Waals surface area contributed by atoms with Crippen LogP contribution in [0.25, 0.3) is 0 Å². The van der Waals surface area contributed by atoms with Gasteiger partial charge in [-0.15, -0.1) is 6.42 Å². The van der Waals surface area contributed by atoms with Crippen molar-refractivity contribution in [3.8, 4) is 12.3 Å². The molecule has 2 N–H and O–H groups in total. The minimum Gasteiger partial charge on any atom is -0.481 e. The van der Waals surface area contributed by atoms with Crippen LogP contribution in [0.5, 0.6) is 0 Å². The molecule has 5 heteroatoms. The lowest BCUT2D eigenvalue weighted by Gasteiger charge is -2.21. The van der Waals surface area contributed by atoms with Crippen LogP contribution in [0.1, 0.15) is 16.8 Å². The van der Waals surface area contributed by atoms with Crippen LogP contribution in [0.4, 0.5) is 5.69 Å². The third kappa shape index (κ3) is 3.83. The number of rotatable bonds is 6. The Morgan fingerprint density at radius 1 is 1.22 bits per heavy atom. The van der Waals surface area contributed by atoms with Crippen molar-refractivity contribution >= 4 is 17.6 Å². The maximum atomic E-state index is 10.7. The summed E-state index contributed by atoms with van der Waals surface area (Å²) < 4.78 is 0. The first kappa shape index (κ1) is 13.6. The van der Waals surface area contributed by atoms with Gasteiger partial charge in [0.1, 0.15) is 0 Å². The number of carboxylic acids is 2. The van der Waals surface area contributed by atoms with E-state index in [2.05, 4.69) is 5.92 Å². The van der Waals surface area contributed by atoms with E-state index < -0.39 is 11.9 Å². The number of terminal acetylenes is 1. The number of anilines is 1. The van der Waals surface area contributed by atoms with Gasteiger partial charge in [-0.1, -0.05) is 5.92 Å². The number of aliphatic carboxylic acids is 1. The summed E-state index contributed by atoms with van der Waals surface area (Å²) in [6, 6.07) is 6.15. The molecule has 0 heterocycles. The van der Waals surface area contributed by atoms with E-state index in [1.165, 1.54) is 12.1 Å². The summed E-state index contributed by atoms with van der Waals surface area (Å²) in [5.74, 6) is 0.536. The van der Waals surface area contributed by atoms with Gasteiger partial charge in [-0.25, -0.2) is 4.79 Å². The molecule has 0 aliphatic carbocycles. The van der Waals surface area contributed by atoms with E-state index in [9.17, 15) is 9.59 Å². The quantitative estimate of drug-likeness (QED) is 0.741. The molecule has 18 heavy (non-hydrogen) atoms. The molecule has 0 spiro atoms. The van der Waals surface area contributed by atoms with E-state index in [4.69, 9.17) is 16.6 Å². The van der Waals surface area contributed by atoms with Gasteiger partial charge >= 0.3 is 11.9 Å². The highest BCUT2D eigenvalue weighted by Gasteiger charge is 2.09. The van der Waals surface area contributed by atoms with Crippen molar-refractivity contribution in [1.82, 2.24) is 0 Å². The largest absolute Gasteiger partial charge is 0.481 e. The molecule has 0 saturated heterocycles. The monoisotopic (exact) mass is 247 g/mol. The third-order valence-electron chi connectivity index (χ3n) is 2.36. The maximum absolute atomic E-state index is 10.7. The molecule has 0 atom stereocenters. The Morgan fingerprint density at radius 2 is 1.83 bits per heavy atom. The Hall–Kier alpha value is -2.48. The van der Waals surface area contributed by atoms with Gasteiger partial charge < -0.3 is 15.1 Å². The van der Waals surface area contributed by atoms with Crippen LogP contribution in [0.2, 0.25) is 0 Å². The molecule has 0 bridgehead atoms. The molecule has 0 unspecified atom stereocenters. The molecular weight excluding hydrogens is 234 g/mol. The second kappa shape index (κ2) is 6.30. The van der Waals surface area contributed by atoms with E-state index in [1.807, 2.05) is 0 Å². The van der Waals surface area contributed by atoms with Crippen LogP contribution in [0, 0.1) is 12.3 Å². The predicted molar refractivity (Wildman–Crippen MR) is 66.7 cm³/mol. The van der Waals surface area contributed by atoms with Crippen LogP contribution in [0.15, 0.2) is 24.3 Å². The topological polar surface area (TPSA) is 77.8 Å². The predicted octanol–water partition coefficient (Wildman–Crippen LogP) is 1.30. The van der Waals surface area contributed by atoms with Crippen molar-refractivity contribution in [2.75, 3.05) is 18.0 Å². The summed E-state index contributed by atoms with van der Waals surface area (Å²) in [7, 11) is 0. The average molecular weight is 247 g/mol. The van der Waals surface area contributed by atoms with Crippen LogP contribution >= 0.6 is 0 Å². The zero-order valence-electron chi connectivity index (χ0n) is 9.67. The van der Waals surface area contributed by atoms with E-state index in [1.54, 1.807) is 17.0 Å². The summed E-state index contributed by atoms with van der Waals surface area (Å²) >= 11 is 0. The molecular formula is C13H13NO4. The smallest absolute Gasteiger partial charge is 0.335 e. The third-order valence-corrected chi connectivity index (χ3v) is 2.36. The summed E-state index contributed by atoms with van der Waals surface area (Å²) in [6.07, 6.45) is 5.19. The van der Waals surface area contributed by atoms with Gasteiger partial charge in [0.05, 0.1) is 18.5 Å². The normalized spacial score (nSPS) is 9.50. The molecule has 5 nitrogen and oxygen atoms in total. The van der Waals surface area contributed by atoms with Gasteiger partial charge in [-0.05, 0) is 24.3 Å². The first-order chi connectivity index (χ1) is 8.54. The fraction of sp³-hybridized carbons (Fsp3) is 0.231. The zero-order chi connectivity index (χ0) is 13.5. The summed E-state index contributed by atoms with van der Waals surface area (Å²) in [5.41, 5.74) is 0.886. The van der Waals surface area contributed by atoms with Gasteiger partial charge in [-0.2, -0.15) is 0 Å². The standard InChI is InChI=1S/C13H13NO4/c1-2-8-14(9-7-12(15)16)11-5-3-10(4-6-11)13(17)18/h1,3-6H,7-9H2,(H,15,16)(H,17,18). The van der Waals surface area contributed by atoms with Gasteiger partial charge in [0.15, 0.2) is 0 Å². The molecule has 0 aliphatic rings. The highest BCUT2D eigenvalue weighted by molar-refractivity contribution is 5.88. The molecule has 1 aromatic rings. The first-order valence-corrected chi connectivity index (χ1v) is 5.28. The van der Waals surface area contributed by atoms with Crippen LogP contribution in [-0.2, 0) is 4.79 Å². The minimum absolute atomic E-state index is 0.0254. The van der Waals surface area contributed by atoms with E-state index in [-0.39, 0.29) is 25.1 Å². The van der Waals surface area contributed by atoms with Gasteiger partial charge in [0, 0.05) is 12.2 Å². The molecule has 1 rings (SSSR count). The van der Waals surface area contributed by atoms with Gasteiger partial charge in [0.25, 0.3) is 0 Å². The van der Waals surface area contributed by atoms with Crippen molar-refractivity contribution in [1.29, 1.82) is 0 Å². The van der Waals surface area contributed by atoms with Gasteiger partial charge in [-0.3, -0.25) is 4.79 Å². The Kier molecular flexibility index (Phi) is 4.76. The highest BCUT2D eigenvalue weighted by atomic mass is 16.4. The zero-order valence-corrected chi connectivity index (χ0v) is 9.67. The van der Waals surface area contributed by atoms with E-state index >= 15 is 0 Å². The Bertz CT molecular complexity index is 473.